The highest BCUT2D eigenvalue weighted by molar-refractivity contribution is 7.89. The lowest BCUT2D eigenvalue weighted by atomic mass is 10.2. The highest BCUT2D eigenvalue weighted by Gasteiger charge is 2.48. The van der Waals surface area contributed by atoms with Gasteiger partial charge in [0.1, 0.15) is 4.90 Å². The van der Waals surface area contributed by atoms with Crippen molar-refractivity contribution in [1.29, 1.82) is 0 Å². The van der Waals surface area contributed by atoms with E-state index in [-0.39, 0.29) is 22.9 Å². The molecule has 17 heavy (non-hydrogen) atoms. The van der Waals surface area contributed by atoms with E-state index in [0.717, 1.165) is 6.42 Å². The minimum Gasteiger partial charge on any atom is -0.325 e. The molecule has 96 valence electrons. The van der Waals surface area contributed by atoms with Gasteiger partial charge in [-0.3, -0.25) is 5.10 Å². The zero-order chi connectivity index (χ0) is 12.8. The molecule has 0 spiro atoms. The maximum atomic E-state index is 12.2. The summed E-state index contributed by atoms with van der Waals surface area (Å²) >= 11 is 0. The standard InChI is InChI=1S/C10H18N4O2S/c1-6-9(7(5-11)13-12-6)17(15,16)14-8-4-10(8,2)3/h8,14H,4-5,11H2,1-3H3,(H,12,13). The highest BCUT2D eigenvalue weighted by Crippen LogP contribution is 2.45. The van der Waals surface area contributed by atoms with Gasteiger partial charge in [0.15, 0.2) is 0 Å². The van der Waals surface area contributed by atoms with E-state index in [9.17, 15) is 8.42 Å². The molecule has 0 saturated heterocycles. The fraction of sp³-hybridized carbons (Fsp3) is 0.700. The van der Waals surface area contributed by atoms with Gasteiger partial charge in [-0.25, -0.2) is 13.1 Å². The SMILES string of the molecule is Cc1[nH]nc(CN)c1S(=O)(=O)NC1CC1(C)C. The van der Waals surface area contributed by atoms with E-state index >= 15 is 0 Å². The van der Waals surface area contributed by atoms with Crippen LogP contribution in [0.4, 0.5) is 0 Å². The van der Waals surface area contributed by atoms with E-state index < -0.39 is 10.0 Å². The molecule has 0 aliphatic heterocycles. The number of hydrogen-bond donors (Lipinski definition) is 3. The van der Waals surface area contributed by atoms with Crippen LogP contribution in [-0.4, -0.2) is 24.7 Å². The van der Waals surface area contributed by atoms with Crippen LogP contribution in [-0.2, 0) is 16.6 Å². The van der Waals surface area contributed by atoms with Crippen molar-refractivity contribution < 1.29 is 8.42 Å². The van der Waals surface area contributed by atoms with Crippen LogP contribution >= 0.6 is 0 Å². The first kappa shape index (κ1) is 12.5. The van der Waals surface area contributed by atoms with Crippen LogP contribution in [0.15, 0.2) is 4.90 Å². The lowest BCUT2D eigenvalue weighted by Crippen LogP contribution is -2.29. The Labute approximate surface area is 101 Å². The van der Waals surface area contributed by atoms with Crippen molar-refractivity contribution in [2.24, 2.45) is 11.1 Å². The molecular weight excluding hydrogens is 240 g/mol. The third kappa shape index (κ3) is 2.22. The molecule has 0 amide bonds. The topological polar surface area (TPSA) is 101 Å². The number of nitrogens with zero attached hydrogens (tertiary/aromatic N) is 1. The van der Waals surface area contributed by atoms with E-state index in [1.54, 1.807) is 6.92 Å². The van der Waals surface area contributed by atoms with Gasteiger partial charge in [-0.1, -0.05) is 13.8 Å². The molecule has 1 aromatic rings. The summed E-state index contributed by atoms with van der Waals surface area (Å²) in [5.41, 5.74) is 6.44. The Morgan fingerprint density at radius 2 is 2.18 bits per heavy atom. The van der Waals surface area contributed by atoms with E-state index in [2.05, 4.69) is 14.9 Å². The van der Waals surface area contributed by atoms with Crippen molar-refractivity contribution in [3.05, 3.63) is 11.4 Å². The third-order valence-electron chi connectivity index (χ3n) is 3.23. The zero-order valence-corrected chi connectivity index (χ0v) is 11.1. The summed E-state index contributed by atoms with van der Waals surface area (Å²) in [5.74, 6) is 0. The Morgan fingerprint density at radius 3 is 2.65 bits per heavy atom. The largest absolute Gasteiger partial charge is 0.325 e. The molecule has 1 atom stereocenters. The van der Waals surface area contributed by atoms with Crippen molar-refractivity contribution >= 4 is 10.0 Å². The lowest BCUT2D eigenvalue weighted by Gasteiger charge is -2.08. The maximum Gasteiger partial charge on any atom is 0.244 e. The molecule has 7 heteroatoms. The molecule has 6 nitrogen and oxygen atoms in total. The Hall–Kier alpha value is -0.920. The summed E-state index contributed by atoms with van der Waals surface area (Å²) in [7, 11) is -3.52. The molecule has 0 aromatic carbocycles. The van der Waals surface area contributed by atoms with Gasteiger partial charge in [0.05, 0.1) is 11.4 Å². The average Bonchev–Trinajstić information content (AvgIpc) is 2.62. The van der Waals surface area contributed by atoms with Crippen LogP contribution in [0.25, 0.3) is 0 Å². The summed E-state index contributed by atoms with van der Waals surface area (Å²) in [4.78, 5) is 0.197. The first-order chi connectivity index (χ1) is 7.78. The van der Waals surface area contributed by atoms with Gasteiger partial charge in [-0.15, -0.1) is 0 Å². The molecule has 1 saturated carbocycles. The first-order valence-corrected chi connectivity index (χ1v) is 7.02. The van der Waals surface area contributed by atoms with Gasteiger partial charge in [0.25, 0.3) is 0 Å². The van der Waals surface area contributed by atoms with Gasteiger partial charge >= 0.3 is 0 Å². The minimum atomic E-state index is -3.52. The van der Waals surface area contributed by atoms with Gasteiger partial charge in [0, 0.05) is 12.6 Å². The lowest BCUT2D eigenvalue weighted by molar-refractivity contribution is 0.553. The van der Waals surface area contributed by atoms with Gasteiger partial charge in [0.2, 0.25) is 10.0 Å². The normalized spacial score (nSPS) is 22.7. The molecule has 1 aliphatic rings. The van der Waals surface area contributed by atoms with E-state index in [1.807, 2.05) is 13.8 Å². The van der Waals surface area contributed by atoms with Gasteiger partial charge < -0.3 is 5.73 Å². The summed E-state index contributed by atoms with van der Waals surface area (Å²) in [6, 6.07) is 0.00687. The summed E-state index contributed by atoms with van der Waals surface area (Å²) in [6.07, 6.45) is 0.862. The molecule has 1 aliphatic carbocycles. The van der Waals surface area contributed by atoms with Gasteiger partial charge in [-0.05, 0) is 18.8 Å². The number of aromatic amines is 1. The Morgan fingerprint density at radius 1 is 1.59 bits per heavy atom. The second kappa shape index (κ2) is 3.79. The number of H-pyrrole nitrogens is 1. The quantitative estimate of drug-likeness (QED) is 0.720. The minimum absolute atomic E-state index is 0.00687. The molecule has 4 N–H and O–H groups in total. The zero-order valence-electron chi connectivity index (χ0n) is 10.2. The summed E-state index contributed by atoms with van der Waals surface area (Å²) in [6.45, 7) is 5.85. The summed E-state index contributed by atoms with van der Waals surface area (Å²) < 4.78 is 27.1. The fourth-order valence-corrected chi connectivity index (χ4v) is 3.66. The molecule has 2 rings (SSSR count). The van der Waals surface area contributed by atoms with Crippen molar-refractivity contribution in [3.8, 4) is 0 Å². The maximum absolute atomic E-state index is 12.2. The van der Waals surface area contributed by atoms with Crippen molar-refractivity contribution in [3.63, 3.8) is 0 Å². The van der Waals surface area contributed by atoms with Crippen LogP contribution < -0.4 is 10.5 Å². The first-order valence-electron chi connectivity index (χ1n) is 5.54. The van der Waals surface area contributed by atoms with Crippen LogP contribution in [0.1, 0.15) is 31.7 Å². The molecule has 1 heterocycles. The van der Waals surface area contributed by atoms with Crippen LogP contribution in [0.3, 0.4) is 0 Å². The molecule has 1 unspecified atom stereocenters. The predicted molar refractivity (Wildman–Crippen MR) is 63.7 cm³/mol. The smallest absolute Gasteiger partial charge is 0.244 e. The number of nitrogens with one attached hydrogen (secondary N) is 2. The number of sulfonamides is 1. The third-order valence-corrected chi connectivity index (χ3v) is 4.91. The van der Waals surface area contributed by atoms with E-state index in [0.29, 0.717) is 11.4 Å². The molecule has 0 radical (unpaired) electrons. The van der Waals surface area contributed by atoms with Gasteiger partial charge in [-0.2, -0.15) is 5.10 Å². The van der Waals surface area contributed by atoms with E-state index in [1.165, 1.54) is 0 Å². The van der Waals surface area contributed by atoms with Crippen LogP contribution in [0.5, 0.6) is 0 Å². The Balaban J connectivity index is 2.29. The number of rotatable bonds is 4. The fourth-order valence-electron chi connectivity index (χ4n) is 1.88. The highest BCUT2D eigenvalue weighted by atomic mass is 32.2. The van der Waals surface area contributed by atoms with Crippen molar-refractivity contribution in [2.45, 2.75) is 44.7 Å². The second-order valence-corrected chi connectivity index (χ2v) is 6.85. The van der Waals surface area contributed by atoms with Crippen molar-refractivity contribution in [2.75, 3.05) is 0 Å². The molecular formula is C10H18N4O2S. The monoisotopic (exact) mass is 258 g/mol. The average molecular weight is 258 g/mol. The Bertz CT molecular complexity index is 533. The number of nitrogens with two attached hydrogens (primary N) is 1. The van der Waals surface area contributed by atoms with E-state index in [4.69, 9.17) is 5.73 Å². The Kier molecular flexibility index (Phi) is 2.80. The molecule has 1 aromatic heterocycles. The molecule has 1 fully saturated rings. The number of aromatic nitrogens is 2. The van der Waals surface area contributed by atoms with Crippen LogP contribution in [0, 0.1) is 12.3 Å². The van der Waals surface area contributed by atoms with Crippen molar-refractivity contribution in [1.82, 2.24) is 14.9 Å². The molecule has 0 bridgehead atoms. The number of hydrogen-bond acceptors (Lipinski definition) is 4. The number of aryl methyl sites for hydroxylation is 1. The second-order valence-electron chi connectivity index (χ2n) is 5.20. The summed E-state index contributed by atoms with van der Waals surface area (Å²) in [5, 5.41) is 6.55. The van der Waals surface area contributed by atoms with Crippen LogP contribution in [0.2, 0.25) is 0 Å². The predicted octanol–water partition coefficient (Wildman–Crippen LogP) is 0.254.